The van der Waals surface area contributed by atoms with Gasteiger partial charge in [-0.1, -0.05) is 12.1 Å². The van der Waals surface area contributed by atoms with E-state index in [-0.39, 0.29) is 30.3 Å². The highest BCUT2D eigenvalue weighted by molar-refractivity contribution is 7.89. The van der Waals surface area contributed by atoms with E-state index in [1.807, 2.05) is 6.92 Å². The van der Waals surface area contributed by atoms with Gasteiger partial charge >= 0.3 is 5.69 Å². The lowest BCUT2D eigenvalue weighted by Crippen LogP contribution is -2.34. The molecule has 1 aliphatic rings. The highest BCUT2D eigenvalue weighted by Crippen LogP contribution is 2.34. The first kappa shape index (κ1) is 16.9. The summed E-state index contributed by atoms with van der Waals surface area (Å²) in [7, 11) is -3.85. The molecule has 11 heteroatoms. The molecule has 26 heavy (non-hydrogen) atoms. The zero-order chi connectivity index (χ0) is 18.5. The zero-order valence-electron chi connectivity index (χ0n) is 13.9. The highest BCUT2D eigenvalue weighted by Gasteiger charge is 2.46. The van der Waals surface area contributed by atoms with E-state index >= 15 is 0 Å². The van der Waals surface area contributed by atoms with Crippen LogP contribution < -0.4 is 5.69 Å². The number of imidazole rings is 1. The number of fused-ring (bicyclic) bond motifs is 1. The molecule has 0 saturated carbocycles. The van der Waals surface area contributed by atoms with Crippen molar-refractivity contribution >= 4 is 21.1 Å². The molecule has 0 radical (unpaired) electrons. The Hall–Kier alpha value is -2.50. The largest absolute Gasteiger partial charge is 0.379 e. The Bertz CT molecular complexity index is 1130. The van der Waals surface area contributed by atoms with E-state index in [9.17, 15) is 18.3 Å². The van der Waals surface area contributed by atoms with Gasteiger partial charge in [-0.25, -0.2) is 13.2 Å². The Kier molecular flexibility index (Phi) is 3.75. The van der Waals surface area contributed by atoms with Crippen LogP contribution in [0, 0.1) is 0 Å². The summed E-state index contributed by atoms with van der Waals surface area (Å²) in [6, 6.07) is 4.33. The SMILES string of the molecule is CCc1noc([C@]2(O)CCN(S(=O)(=O)c3ccc4[nH]c(=O)[nH]c4c3)C2)n1. The van der Waals surface area contributed by atoms with Crippen molar-refractivity contribution in [3.05, 3.63) is 40.4 Å². The van der Waals surface area contributed by atoms with Crippen LogP contribution in [0.3, 0.4) is 0 Å². The average molecular weight is 379 g/mol. The smallest absolute Gasteiger partial charge is 0.323 e. The maximum Gasteiger partial charge on any atom is 0.323 e. The number of hydrogen-bond acceptors (Lipinski definition) is 7. The topological polar surface area (TPSA) is 145 Å². The molecule has 10 nitrogen and oxygen atoms in total. The number of β-amino-alcohol motifs (C(OH)–C–C–N with tert-alkyl or cyclic N) is 1. The minimum Gasteiger partial charge on any atom is -0.379 e. The fourth-order valence-electron chi connectivity index (χ4n) is 3.05. The molecule has 138 valence electrons. The molecule has 3 heterocycles. The van der Waals surface area contributed by atoms with Gasteiger partial charge in [-0.2, -0.15) is 9.29 Å². The van der Waals surface area contributed by atoms with E-state index in [0.29, 0.717) is 23.3 Å². The number of aliphatic hydroxyl groups is 1. The minimum absolute atomic E-state index is 0.0254. The van der Waals surface area contributed by atoms with Crippen LogP contribution in [0.15, 0.2) is 32.4 Å². The fraction of sp³-hybridized carbons (Fsp3) is 0.400. The number of aryl methyl sites for hydroxylation is 1. The third kappa shape index (κ3) is 2.64. The maximum absolute atomic E-state index is 12.9. The van der Waals surface area contributed by atoms with Crippen molar-refractivity contribution in [2.45, 2.75) is 30.3 Å². The van der Waals surface area contributed by atoms with E-state index in [0.717, 1.165) is 0 Å². The second kappa shape index (κ2) is 5.76. The van der Waals surface area contributed by atoms with Crippen LogP contribution in [0.2, 0.25) is 0 Å². The molecule has 1 fully saturated rings. The van der Waals surface area contributed by atoms with Gasteiger partial charge in [0.25, 0.3) is 5.89 Å². The number of benzene rings is 1. The van der Waals surface area contributed by atoms with Crippen molar-refractivity contribution in [2.75, 3.05) is 13.1 Å². The minimum atomic E-state index is -3.85. The molecular weight excluding hydrogens is 362 g/mol. The first-order chi connectivity index (χ1) is 12.3. The first-order valence-corrected chi connectivity index (χ1v) is 9.53. The number of rotatable bonds is 4. The van der Waals surface area contributed by atoms with Gasteiger partial charge in [0.15, 0.2) is 11.4 Å². The molecule has 0 unspecified atom stereocenters. The van der Waals surface area contributed by atoms with Crippen LogP contribution >= 0.6 is 0 Å². The molecule has 4 rings (SSSR count). The molecule has 3 N–H and O–H groups in total. The third-order valence-corrected chi connectivity index (χ3v) is 6.36. The Morgan fingerprint density at radius 3 is 2.85 bits per heavy atom. The number of aromatic nitrogens is 4. The van der Waals surface area contributed by atoms with Crippen LogP contribution in [-0.2, 0) is 22.0 Å². The van der Waals surface area contributed by atoms with Crippen molar-refractivity contribution in [1.82, 2.24) is 24.4 Å². The lowest BCUT2D eigenvalue weighted by molar-refractivity contribution is 0.0194. The second-order valence-electron chi connectivity index (χ2n) is 6.28. The molecule has 2 aromatic heterocycles. The van der Waals surface area contributed by atoms with Gasteiger partial charge in [-0.15, -0.1) is 0 Å². The van der Waals surface area contributed by atoms with Crippen LogP contribution in [0.1, 0.15) is 25.1 Å². The lowest BCUT2D eigenvalue weighted by atomic mass is 10.0. The van der Waals surface area contributed by atoms with Crippen LogP contribution in [0.25, 0.3) is 11.0 Å². The monoisotopic (exact) mass is 379 g/mol. The van der Waals surface area contributed by atoms with Gasteiger partial charge < -0.3 is 19.6 Å². The molecule has 0 amide bonds. The summed E-state index contributed by atoms with van der Waals surface area (Å²) in [6.45, 7) is 1.79. The Morgan fingerprint density at radius 2 is 2.12 bits per heavy atom. The molecule has 1 atom stereocenters. The summed E-state index contributed by atoms with van der Waals surface area (Å²) in [5.74, 6) is 0.481. The average Bonchev–Trinajstić information content (AvgIpc) is 3.31. The van der Waals surface area contributed by atoms with Gasteiger partial charge in [0.1, 0.15) is 0 Å². The number of hydrogen-bond donors (Lipinski definition) is 3. The van der Waals surface area contributed by atoms with Gasteiger partial charge in [0.2, 0.25) is 10.0 Å². The number of aromatic amines is 2. The number of sulfonamides is 1. The third-order valence-electron chi connectivity index (χ3n) is 4.52. The molecule has 0 spiro atoms. The fourth-order valence-corrected chi connectivity index (χ4v) is 4.57. The van der Waals surface area contributed by atoms with E-state index in [2.05, 4.69) is 20.1 Å². The normalized spacial score (nSPS) is 21.6. The molecule has 1 aromatic carbocycles. The summed E-state index contributed by atoms with van der Waals surface area (Å²) in [5.41, 5.74) is -1.01. The Morgan fingerprint density at radius 1 is 1.35 bits per heavy atom. The number of nitrogens with one attached hydrogen (secondary N) is 2. The Balaban J connectivity index is 1.64. The van der Waals surface area contributed by atoms with Crippen molar-refractivity contribution < 1.29 is 18.0 Å². The molecule has 0 aliphatic carbocycles. The van der Waals surface area contributed by atoms with Crippen LogP contribution in [0.4, 0.5) is 0 Å². The van der Waals surface area contributed by atoms with Crippen LogP contribution in [0.5, 0.6) is 0 Å². The lowest BCUT2D eigenvalue weighted by Gasteiger charge is -2.19. The highest BCUT2D eigenvalue weighted by atomic mass is 32.2. The molecule has 1 saturated heterocycles. The van der Waals surface area contributed by atoms with E-state index in [1.165, 1.54) is 22.5 Å². The molecule has 3 aromatic rings. The Labute approximate surface area is 147 Å². The predicted octanol–water partition coefficient (Wildman–Crippen LogP) is 0.0838. The van der Waals surface area contributed by atoms with E-state index in [1.54, 1.807) is 0 Å². The van der Waals surface area contributed by atoms with Gasteiger partial charge in [-0.3, -0.25) is 0 Å². The second-order valence-corrected chi connectivity index (χ2v) is 8.21. The van der Waals surface area contributed by atoms with Gasteiger partial charge in [0, 0.05) is 19.4 Å². The summed E-state index contributed by atoms with van der Waals surface area (Å²) in [5, 5.41) is 14.5. The number of nitrogens with zero attached hydrogens (tertiary/aromatic N) is 3. The van der Waals surface area contributed by atoms with Gasteiger partial charge in [0.05, 0.1) is 22.5 Å². The predicted molar refractivity (Wildman–Crippen MR) is 89.9 cm³/mol. The van der Waals surface area contributed by atoms with E-state index < -0.39 is 21.3 Å². The van der Waals surface area contributed by atoms with Crippen molar-refractivity contribution in [1.29, 1.82) is 0 Å². The summed E-state index contributed by atoms with van der Waals surface area (Å²) in [4.78, 5) is 20.6. The van der Waals surface area contributed by atoms with Crippen molar-refractivity contribution in [3.63, 3.8) is 0 Å². The quantitative estimate of drug-likeness (QED) is 0.582. The van der Waals surface area contributed by atoms with Gasteiger partial charge in [-0.05, 0) is 18.2 Å². The molecular formula is C15H17N5O5S. The summed E-state index contributed by atoms with van der Waals surface area (Å²) in [6.07, 6.45) is 0.706. The van der Waals surface area contributed by atoms with Crippen molar-refractivity contribution in [2.24, 2.45) is 0 Å². The standard InChI is InChI=1S/C15H17N5O5S/c1-2-12-18-13(25-19-12)15(22)5-6-20(8-15)26(23,24)9-3-4-10-11(7-9)17-14(21)16-10/h3-4,7,22H,2,5-6,8H2,1H3,(H2,16,17,21)/t15-/m0/s1. The number of H-pyrrole nitrogens is 2. The zero-order valence-corrected chi connectivity index (χ0v) is 14.7. The summed E-state index contributed by atoms with van der Waals surface area (Å²) < 4.78 is 32.1. The maximum atomic E-state index is 12.9. The molecule has 1 aliphatic heterocycles. The van der Waals surface area contributed by atoms with E-state index in [4.69, 9.17) is 4.52 Å². The first-order valence-electron chi connectivity index (χ1n) is 8.09. The van der Waals surface area contributed by atoms with Crippen LogP contribution in [-0.4, -0.2) is 51.0 Å². The molecule has 0 bridgehead atoms. The summed E-state index contributed by atoms with van der Waals surface area (Å²) >= 11 is 0. The van der Waals surface area contributed by atoms with Crippen molar-refractivity contribution in [3.8, 4) is 0 Å².